The van der Waals surface area contributed by atoms with E-state index in [2.05, 4.69) is 32.6 Å². The number of hydrogen-bond acceptors (Lipinski definition) is 2. The summed E-state index contributed by atoms with van der Waals surface area (Å²) in [5.74, 6) is 0.0799. The summed E-state index contributed by atoms with van der Waals surface area (Å²) in [5, 5.41) is 6.92. The molecule has 1 amide bonds. The van der Waals surface area contributed by atoms with Crippen molar-refractivity contribution in [1.82, 2.24) is 10.6 Å². The Morgan fingerprint density at radius 3 is 2.95 bits per heavy atom. The molecule has 0 saturated carbocycles. The summed E-state index contributed by atoms with van der Waals surface area (Å²) in [6.45, 7) is 2.56. The Labute approximate surface area is 145 Å². The molecule has 0 spiro atoms. The van der Waals surface area contributed by atoms with E-state index in [-0.39, 0.29) is 18.3 Å². The van der Waals surface area contributed by atoms with Crippen molar-refractivity contribution < 1.29 is 4.79 Å². The van der Waals surface area contributed by atoms with Gasteiger partial charge in [-0.2, -0.15) is 0 Å². The van der Waals surface area contributed by atoms with Crippen LogP contribution in [0.4, 0.5) is 0 Å². The van der Waals surface area contributed by atoms with Crippen molar-refractivity contribution >= 4 is 45.8 Å². The molecule has 0 bridgehead atoms. The minimum Gasteiger partial charge on any atom is -0.352 e. The van der Waals surface area contributed by atoms with Crippen LogP contribution in [0.1, 0.15) is 18.4 Å². The van der Waals surface area contributed by atoms with Crippen LogP contribution in [-0.4, -0.2) is 25.5 Å². The molecular formula is C15H19BrCl2N2O. The van der Waals surface area contributed by atoms with E-state index in [1.165, 1.54) is 5.57 Å². The van der Waals surface area contributed by atoms with Gasteiger partial charge in [0.15, 0.2) is 0 Å². The summed E-state index contributed by atoms with van der Waals surface area (Å²) in [4.78, 5) is 11.9. The van der Waals surface area contributed by atoms with Crippen molar-refractivity contribution in [3.8, 4) is 0 Å². The maximum atomic E-state index is 11.9. The first-order chi connectivity index (χ1) is 9.65. The van der Waals surface area contributed by atoms with Crippen molar-refractivity contribution in [3.05, 3.63) is 44.9 Å². The smallest absolute Gasteiger partial charge is 0.220 e. The van der Waals surface area contributed by atoms with Gasteiger partial charge in [0.05, 0.1) is 0 Å². The van der Waals surface area contributed by atoms with Gasteiger partial charge < -0.3 is 10.6 Å². The first kappa shape index (κ1) is 18.5. The number of aryl methyl sites for hydroxylation is 1. The van der Waals surface area contributed by atoms with Crippen LogP contribution in [0.3, 0.4) is 0 Å². The fraction of sp³-hybridized carbons (Fsp3) is 0.400. The van der Waals surface area contributed by atoms with Gasteiger partial charge in [-0.25, -0.2) is 0 Å². The van der Waals surface area contributed by atoms with Crippen molar-refractivity contribution in [3.63, 3.8) is 0 Å². The molecule has 0 aliphatic carbocycles. The zero-order chi connectivity index (χ0) is 14.4. The molecule has 21 heavy (non-hydrogen) atoms. The monoisotopic (exact) mass is 392 g/mol. The van der Waals surface area contributed by atoms with Crippen LogP contribution in [0.15, 0.2) is 34.3 Å². The number of amides is 1. The summed E-state index contributed by atoms with van der Waals surface area (Å²) in [7, 11) is 0. The highest BCUT2D eigenvalue weighted by atomic mass is 79.9. The number of hydrogen-bond donors (Lipinski definition) is 2. The van der Waals surface area contributed by atoms with Gasteiger partial charge in [0.1, 0.15) is 0 Å². The molecule has 1 aromatic carbocycles. The lowest BCUT2D eigenvalue weighted by Gasteiger charge is -2.14. The van der Waals surface area contributed by atoms with E-state index in [1.54, 1.807) is 0 Å². The van der Waals surface area contributed by atoms with Gasteiger partial charge in [-0.15, -0.1) is 12.4 Å². The van der Waals surface area contributed by atoms with Crippen LogP contribution in [0.5, 0.6) is 0 Å². The van der Waals surface area contributed by atoms with E-state index in [0.29, 0.717) is 24.4 Å². The average molecular weight is 394 g/mol. The Bertz CT molecular complexity index is 520. The summed E-state index contributed by atoms with van der Waals surface area (Å²) in [5.41, 5.74) is 2.37. The van der Waals surface area contributed by atoms with Gasteiger partial charge >= 0.3 is 0 Å². The second-order valence-corrected chi connectivity index (χ2v) is 6.12. The van der Waals surface area contributed by atoms with Crippen LogP contribution in [0.25, 0.3) is 0 Å². The maximum absolute atomic E-state index is 11.9. The van der Waals surface area contributed by atoms with Crippen molar-refractivity contribution in [2.24, 2.45) is 0 Å². The number of carbonyl (C=O) groups excluding carboxylic acids is 1. The van der Waals surface area contributed by atoms with Crippen LogP contribution < -0.4 is 10.6 Å². The Kier molecular flexibility index (Phi) is 8.34. The zero-order valence-electron chi connectivity index (χ0n) is 11.6. The van der Waals surface area contributed by atoms with Gasteiger partial charge in [0.25, 0.3) is 0 Å². The predicted molar refractivity (Wildman–Crippen MR) is 93.3 cm³/mol. The molecule has 0 radical (unpaired) electrons. The molecule has 0 atom stereocenters. The van der Waals surface area contributed by atoms with Crippen molar-refractivity contribution in [1.29, 1.82) is 0 Å². The van der Waals surface area contributed by atoms with Gasteiger partial charge in [-0.3, -0.25) is 4.79 Å². The van der Waals surface area contributed by atoms with E-state index in [0.717, 1.165) is 29.5 Å². The standard InChI is InChI=1S/C15H18BrClN2O.ClH/c16-14-3-2-13(17)9-12(14)1-4-15(20)19-10-11-5-7-18-8-6-11;/h2-3,5,9,18H,1,4,6-8,10H2,(H,19,20);1H. The highest BCUT2D eigenvalue weighted by molar-refractivity contribution is 9.10. The lowest BCUT2D eigenvalue weighted by Crippen LogP contribution is -2.29. The van der Waals surface area contributed by atoms with Gasteiger partial charge in [0, 0.05) is 29.0 Å². The third kappa shape index (κ3) is 6.39. The van der Waals surface area contributed by atoms with E-state index >= 15 is 0 Å². The summed E-state index contributed by atoms with van der Waals surface area (Å²) in [6, 6.07) is 5.64. The van der Waals surface area contributed by atoms with Crippen molar-refractivity contribution in [2.75, 3.05) is 19.6 Å². The van der Waals surface area contributed by atoms with Gasteiger partial charge in [0.2, 0.25) is 5.91 Å². The van der Waals surface area contributed by atoms with Gasteiger partial charge in [-0.1, -0.05) is 39.2 Å². The van der Waals surface area contributed by atoms with Gasteiger partial charge in [-0.05, 0) is 43.1 Å². The normalized spacial score (nSPS) is 14.1. The molecule has 0 unspecified atom stereocenters. The zero-order valence-corrected chi connectivity index (χ0v) is 14.8. The lowest BCUT2D eigenvalue weighted by molar-refractivity contribution is -0.120. The van der Waals surface area contributed by atoms with Crippen LogP contribution in [-0.2, 0) is 11.2 Å². The topological polar surface area (TPSA) is 41.1 Å². The average Bonchev–Trinajstić information content (AvgIpc) is 2.47. The van der Waals surface area contributed by atoms with E-state index in [9.17, 15) is 4.79 Å². The molecule has 1 aliphatic heterocycles. The molecule has 2 rings (SSSR count). The van der Waals surface area contributed by atoms with Crippen LogP contribution in [0.2, 0.25) is 5.02 Å². The third-order valence-electron chi connectivity index (χ3n) is 3.30. The summed E-state index contributed by atoms with van der Waals surface area (Å²) in [6.07, 6.45) is 4.33. The molecule has 0 aromatic heterocycles. The molecule has 0 fully saturated rings. The highest BCUT2D eigenvalue weighted by Gasteiger charge is 2.07. The Hall–Kier alpha value is -0.550. The van der Waals surface area contributed by atoms with Crippen molar-refractivity contribution in [2.45, 2.75) is 19.3 Å². The molecule has 1 aliphatic rings. The first-order valence-electron chi connectivity index (χ1n) is 6.74. The third-order valence-corrected chi connectivity index (χ3v) is 4.31. The van der Waals surface area contributed by atoms with E-state index in [4.69, 9.17) is 11.6 Å². The molecule has 116 valence electrons. The van der Waals surface area contributed by atoms with Crippen LogP contribution in [0, 0.1) is 0 Å². The molecule has 0 saturated heterocycles. The number of nitrogens with one attached hydrogen (secondary N) is 2. The SMILES string of the molecule is Cl.O=C(CCc1cc(Cl)ccc1Br)NCC1=CCNCC1. The molecule has 6 heteroatoms. The highest BCUT2D eigenvalue weighted by Crippen LogP contribution is 2.22. The number of carbonyl (C=O) groups is 1. The first-order valence-corrected chi connectivity index (χ1v) is 7.91. The Morgan fingerprint density at radius 1 is 1.43 bits per heavy atom. The second kappa shape index (κ2) is 9.46. The molecule has 3 nitrogen and oxygen atoms in total. The van der Waals surface area contributed by atoms with E-state index < -0.39 is 0 Å². The fourth-order valence-corrected chi connectivity index (χ4v) is 2.75. The van der Waals surface area contributed by atoms with Crippen LogP contribution >= 0.6 is 39.9 Å². The molecule has 1 heterocycles. The quantitative estimate of drug-likeness (QED) is 0.751. The summed E-state index contributed by atoms with van der Waals surface area (Å²) < 4.78 is 0.996. The summed E-state index contributed by atoms with van der Waals surface area (Å²) >= 11 is 9.44. The largest absolute Gasteiger partial charge is 0.352 e. The lowest BCUT2D eigenvalue weighted by atomic mass is 10.1. The molecule has 2 N–H and O–H groups in total. The second-order valence-electron chi connectivity index (χ2n) is 4.83. The fourth-order valence-electron chi connectivity index (χ4n) is 2.11. The predicted octanol–water partition coefficient (Wildman–Crippen LogP) is 3.49. The minimum absolute atomic E-state index is 0. The molecular weight excluding hydrogens is 375 g/mol. The molecule has 1 aromatic rings. The number of halogens is 3. The van der Waals surface area contributed by atoms with E-state index in [1.807, 2.05) is 18.2 Å². The number of rotatable bonds is 5. The number of benzene rings is 1. The minimum atomic E-state index is 0. The Balaban J connectivity index is 0.00000220. The Morgan fingerprint density at radius 2 is 2.24 bits per heavy atom. The maximum Gasteiger partial charge on any atom is 0.220 e.